The van der Waals surface area contributed by atoms with Crippen molar-refractivity contribution < 1.29 is 23.5 Å². The van der Waals surface area contributed by atoms with Crippen LogP contribution >= 0.6 is 0 Å². The van der Waals surface area contributed by atoms with Crippen molar-refractivity contribution in [1.29, 1.82) is 0 Å². The van der Waals surface area contributed by atoms with E-state index in [4.69, 9.17) is 4.42 Å². The van der Waals surface area contributed by atoms with Gasteiger partial charge in [-0.25, -0.2) is 4.39 Å². The third-order valence-corrected chi connectivity index (χ3v) is 4.69. The first-order valence-electron chi connectivity index (χ1n) is 8.55. The fourth-order valence-corrected chi connectivity index (χ4v) is 3.37. The number of halogens is 1. The van der Waals surface area contributed by atoms with Crippen LogP contribution in [0.1, 0.15) is 64.2 Å². The van der Waals surface area contributed by atoms with Crippen LogP contribution in [0.15, 0.2) is 28.7 Å². The number of aliphatic hydroxyl groups is 1. The molecule has 0 saturated carbocycles. The molecule has 1 aromatic heterocycles. The predicted molar refractivity (Wildman–Crippen MR) is 93.6 cm³/mol. The van der Waals surface area contributed by atoms with Crippen LogP contribution in [0.25, 0.3) is 0 Å². The van der Waals surface area contributed by atoms with Gasteiger partial charge in [0.05, 0.1) is 11.7 Å². The fraction of sp³-hybridized carbons (Fsp3) is 0.400. The molecule has 0 spiro atoms. The van der Waals surface area contributed by atoms with Crippen molar-refractivity contribution in [2.45, 2.75) is 39.7 Å². The number of hydrogen-bond acceptors (Lipinski definition) is 4. The Hall–Kier alpha value is -2.47. The van der Waals surface area contributed by atoms with Crippen LogP contribution in [0.3, 0.4) is 0 Å². The molecule has 0 bridgehead atoms. The molecule has 1 amide bonds. The van der Waals surface area contributed by atoms with Gasteiger partial charge in [0.2, 0.25) is 0 Å². The second-order valence-corrected chi connectivity index (χ2v) is 7.57. The molecule has 1 atom stereocenters. The van der Waals surface area contributed by atoms with Crippen LogP contribution in [0.5, 0.6) is 0 Å². The van der Waals surface area contributed by atoms with Crippen molar-refractivity contribution in [1.82, 2.24) is 5.32 Å². The van der Waals surface area contributed by atoms with E-state index in [9.17, 15) is 19.1 Å². The van der Waals surface area contributed by atoms with E-state index in [1.807, 2.05) is 13.8 Å². The second kappa shape index (κ2) is 6.68. The summed E-state index contributed by atoms with van der Waals surface area (Å²) >= 11 is 0. The normalized spacial score (nSPS) is 16.9. The molecule has 138 valence electrons. The lowest BCUT2D eigenvalue weighted by Crippen LogP contribution is -2.28. The van der Waals surface area contributed by atoms with Gasteiger partial charge in [-0.2, -0.15) is 0 Å². The number of hydrogen-bond donors (Lipinski definition) is 2. The molecule has 2 aromatic rings. The number of ketones is 1. The standard InChI is InChI=1S/C20H22FNO4/c1-11-17-14(23)8-20(2,3)9-16(17)26-18(11)19(25)22-10-15(24)12-4-6-13(21)7-5-12/h4-7,15,24H,8-10H2,1-3H3,(H,22,25). The van der Waals surface area contributed by atoms with Crippen molar-refractivity contribution in [3.63, 3.8) is 0 Å². The molecule has 5 nitrogen and oxygen atoms in total. The third kappa shape index (κ3) is 3.55. The Bertz CT molecular complexity index is 851. The molecule has 1 heterocycles. The number of nitrogens with one attached hydrogen (secondary N) is 1. The Labute approximate surface area is 151 Å². The molecule has 6 heteroatoms. The van der Waals surface area contributed by atoms with Crippen LogP contribution in [0.2, 0.25) is 0 Å². The van der Waals surface area contributed by atoms with Crippen molar-refractivity contribution >= 4 is 11.7 Å². The van der Waals surface area contributed by atoms with Crippen LogP contribution in [0, 0.1) is 18.2 Å². The number of aliphatic hydroxyl groups excluding tert-OH is 1. The molecular formula is C20H22FNO4. The largest absolute Gasteiger partial charge is 0.455 e. The van der Waals surface area contributed by atoms with E-state index in [-0.39, 0.29) is 23.5 Å². The lowest BCUT2D eigenvalue weighted by molar-refractivity contribution is 0.0872. The van der Waals surface area contributed by atoms with Gasteiger partial charge in [-0.3, -0.25) is 9.59 Å². The summed E-state index contributed by atoms with van der Waals surface area (Å²) in [6.07, 6.45) is 0.0514. The minimum atomic E-state index is -0.968. The van der Waals surface area contributed by atoms with Gasteiger partial charge in [-0.05, 0) is 30.0 Å². The molecule has 0 aliphatic heterocycles. The number of Topliss-reactive ketones (excluding diaryl/α,β-unsaturated/α-hetero) is 1. The molecule has 1 aliphatic carbocycles. The first kappa shape index (κ1) is 18.3. The highest BCUT2D eigenvalue weighted by Crippen LogP contribution is 2.38. The number of rotatable bonds is 4. The lowest BCUT2D eigenvalue weighted by atomic mass is 9.76. The summed E-state index contributed by atoms with van der Waals surface area (Å²) in [5.74, 6) is -0.235. The van der Waals surface area contributed by atoms with E-state index in [1.54, 1.807) is 6.92 Å². The summed E-state index contributed by atoms with van der Waals surface area (Å²) in [6, 6.07) is 5.42. The lowest BCUT2D eigenvalue weighted by Gasteiger charge is -2.27. The van der Waals surface area contributed by atoms with Crippen molar-refractivity contribution in [3.8, 4) is 0 Å². The third-order valence-electron chi connectivity index (χ3n) is 4.69. The number of carbonyl (C=O) groups is 2. The van der Waals surface area contributed by atoms with Gasteiger partial charge in [-0.1, -0.05) is 26.0 Å². The number of amides is 1. The van der Waals surface area contributed by atoms with E-state index >= 15 is 0 Å². The SMILES string of the molecule is Cc1c(C(=O)NCC(O)c2ccc(F)cc2)oc2c1C(=O)CC(C)(C)C2. The van der Waals surface area contributed by atoms with Gasteiger partial charge < -0.3 is 14.8 Å². The molecule has 1 aromatic carbocycles. The average molecular weight is 359 g/mol. The van der Waals surface area contributed by atoms with E-state index in [1.165, 1.54) is 24.3 Å². The first-order valence-corrected chi connectivity index (χ1v) is 8.55. The van der Waals surface area contributed by atoms with Crippen LogP contribution in [0.4, 0.5) is 4.39 Å². The molecule has 0 radical (unpaired) electrons. The highest BCUT2D eigenvalue weighted by Gasteiger charge is 2.37. The summed E-state index contributed by atoms with van der Waals surface area (Å²) in [5, 5.41) is 12.7. The van der Waals surface area contributed by atoms with Crippen molar-refractivity contribution in [2.75, 3.05) is 6.54 Å². The maximum Gasteiger partial charge on any atom is 0.287 e. The molecule has 1 unspecified atom stereocenters. The topological polar surface area (TPSA) is 79.5 Å². The Balaban J connectivity index is 1.73. The molecule has 1 aliphatic rings. The van der Waals surface area contributed by atoms with Gasteiger partial charge in [0, 0.05) is 24.9 Å². The van der Waals surface area contributed by atoms with Crippen LogP contribution < -0.4 is 5.32 Å². The Morgan fingerprint density at radius 2 is 1.96 bits per heavy atom. The molecule has 26 heavy (non-hydrogen) atoms. The first-order chi connectivity index (χ1) is 12.2. The fourth-order valence-electron chi connectivity index (χ4n) is 3.37. The zero-order chi connectivity index (χ0) is 19.1. The maximum absolute atomic E-state index is 12.9. The van der Waals surface area contributed by atoms with Crippen LogP contribution in [-0.2, 0) is 6.42 Å². The minimum absolute atomic E-state index is 0.0112. The van der Waals surface area contributed by atoms with Crippen molar-refractivity contribution in [2.24, 2.45) is 5.41 Å². The minimum Gasteiger partial charge on any atom is -0.455 e. The van der Waals surface area contributed by atoms with Crippen molar-refractivity contribution in [3.05, 3.63) is 58.3 Å². The smallest absolute Gasteiger partial charge is 0.287 e. The molecular weight excluding hydrogens is 337 g/mol. The van der Waals surface area contributed by atoms with Gasteiger partial charge in [0.1, 0.15) is 11.6 Å². The molecule has 3 rings (SSSR count). The van der Waals surface area contributed by atoms with Gasteiger partial charge in [0.25, 0.3) is 5.91 Å². The number of furan rings is 1. The monoisotopic (exact) mass is 359 g/mol. The van der Waals surface area contributed by atoms with E-state index in [2.05, 4.69) is 5.32 Å². The maximum atomic E-state index is 12.9. The van der Waals surface area contributed by atoms with Gasteiger partial charge >= 0.3 is 0 Å². The van der Waals surface area contributed by atoms with E-state index < -0.39 is 17.8 Å². The summed E-state index contributed by atoms with van der Waals surface area (Å²) < 4.78 is 18.6. The zero-order valence-corrected chi connectivity index (χ0v) is 15.1. The van der Waals surface area contributed by atoms with Gasteiger partial charge in [0.15, 0.2) is 11.5 Å². The number of fused-ring (bicyclic) bond motifs is 1. The van der Waals surface area contributed by atoms with E-state index in [0.717, 1.165) is 0 Å². The Morgan fingerprint density at radius 1 is 1.31 bits per heavy atom. The highest BCUT2D eigenvalue weighted by atomic mass is 19.1. The molecule has 2 N–H and O–H groups in total. The average Bonchev–Trinajstić information content (AvgIpc) is 2.88. The van der Waals surface area contributed by atoms with Crippen LogP contribution in [-0.4, -0.2) is 23.3 Å². The number of carbonyl (C=O) groups excluding carboxylic acids is 2. The molecule has 0 fully saturated rings. The zero-order valence-electron chi connectivity index (χ0n) is 15.1. The van der Waals surface area contributed by atoms with E-state index in [0.29, 0.717) is 35.3 Å². The number of benzene rings is 1. The predicted octanol–water partition coefficient (Wildman–Crippen LogP) is 3.35. The summed E-state index contributed by atoms with van der Waals surface area (Å²) in [5.41, 5.74) is 1.35. The Kier molecular flexibility index (Phi) is 4.71. The summed E-state index contributed by atoms with van der Waals surface area (Å²) in [7, 11) is 0. The Morgan fingerprint density at radius 3 is 2.62 bits per heavy atom. The highest BCUT2D eigenvalue weighted by molar-refractivity contribution is 6.03. The quantitative estimate of drug-likeness (QED) is 0.877. The summed E-state index contributed by atoms with van der Waals surface area (Å²) in [6.45, 7) is 5.63. The second-order valence-electron chi connectivity index (χ2n) is 7.57. The summed E-state index contributed by atoms with van der Waals surface area (Å²) in [4.78, 5) is 24.8. The molecule has 0 saturated heterocycles. The van der Waals surface area contributed by atoms with Gasteiger partial charge in [-0.15, -0.1) is 0 Å².